The van der Waals surface area contributed by atoms with Gasteiger partial charge >= 0.3 is 18.1 Å². The van der Waals surface area contributed by atoms with E-state index in [2.05, 4.69) is 20.5 Å². The Morgan fingerprint density at radius 2 is 1.86 bits per heavy atom. The van der Waals surface area contributed by atoms with E-state index in [1.165, 1.54) is 12.0 Å². The number of ether oxygens (including phenoxy) is 1. The number of amidine groups is 1. The number of nitrogens with one attached hydrogen (secondary N) is 2. The maximum atomic E-state index is 12.7. The molecule has 0 saturated carbocycles. The highest BCUT2D eigenvalue weighted by molar-refractivity contribution is 6.02. The lowest BCUT2D eigenvalue weighted by Crippen LogP contribution is -2.46. The summed E-state index contributed by atoms with van der Waals surface area (Å²) in [5, 5.41) is 8.83. The molecule has 13 nitrogen and oxygen atoms in total. The number of carbonyl (C=O) groups excluding carboxylic acids is 4. The number of esters is 1. The first-order chi connectivity index (χ1) is 16.6. The lowest BCUT2D eigenvalue weighted by atomic mass is 10.2. The van der Waals surface area contributed by atoms with E-state index in [9.17, 15) is 19.2 Å². The summed E-state index contributed by atoms with van der Waals surface area (Å²) in [6.07, 6.45) is -0.145. The molecule has 0 radical (unpaired) electrons. The second kappa shape index (κ2) is 13.1. The van der Waals surface area contributed by atoms with Gasteiger partial charge in [-0.05, 0) is 44.8 Å². The Hall–Kier alpha value is -3.87. The average Bonchev–Trinajstić information content (AvgIpc) is 3.20. The lowest BCUT2D eigenvalue weighted by Gasteiger charge is -2.18. The zero-order chi connectivity index (χ0) is 26.0. The largest absolute Gasteiger partial charge is 0.469 e. The number of oxime groups is 1. The van der Waals surface area contributed by atoms with E-state index < -0.39 is 24.1 Å². The van der Waals surface area contributed by atoms with Gasteiger partial charge in [0.15, 0.2) is 5.84 Å². The van der Waals surface area contributed by atoms with Gasteiger partial charge in [0, 0.05) is 44.5 Å². The monoisotopic (exact) mass is 491 g/mol. The van der Waals surface area contributed by atoms with Crippen LogP contribution in [0.2, 0.25) is 0 Å². The number of rotatable bonds is 10. The topological polar surface area (TPSA) is 159 Å². The standard InChI is InChI=1S/C22H33N7O6/c1-27(2)13-14-28(3)22(33)35-26-19(23)15-5-7-16(8-6-15)29-12-10-17(20(29)31)25-21(32)24-11-9-18(30)34-4/h5-8,17H,9-14H2,1-4H3,(H2,23,26)(H2,24,25,32). The number of hydrogen-bond acceptors (Lipinski definition) is 8. The number of hydrogen-bond donors (Lipinski definition) is 3. The molecular formula is C22H33N7O6. The van der Waals surface area contributed by atoms with Gasteiger partial charge in [-0.15, -0.1) is 0 Å². The molecule has 1 unspecified atom stereocenters. The quantitative estimate of drug-likeness (QED) is 0.135. The molecule has 1 aromatic carbocycles. The number of nitrogens with two attached hydrogens (primary N) is 1. The molecule has 13 heteroatoms. The summed E-state index contributed by atoms with van der Waals surface area (Å²) in [6, 6.07) is 5.49. The second-order valence-electron chi connectivity index (χ2n) is 8.16. The van der Waals surface area contributed by atoms with Crippen LogP contribution in [-0.2, 0) is 19.2 Å². The normalized spacial score (nSPS) is 15.7. The van der Waals surface area contributed by atoms with Crippen LogP contribution in [0.15, 0.2) is 29.4 Å². The summed E-state index contributed by atoms with van der Waals surface area (Å²) in [5.74, 6) is -0.674. The van der Waals surface area contributed by atoms with Crippen LogP contribution in [0.25, 0.3) is 0 Å². The molecular weight excluding hydrogens is 458 g/mol. The van der Waals surface area contributed by atoms with E-state index in [0.29, 0.717) is 37.3 Å². The van der Waals surface area contributed by atoms with Gasteiger partial charge in [-0.1, -0.05) is 5.16 Å². The summed E-state index contributed by atoms with van der Waals surface area (Å²) in [4.78, 5) is 57.6. The predicted octanol–water partition coefficient (Wildman–Crippen LogP) is -0.0955. The van der Waals surface area contributed by atoms with Crippen LogP contribution in [0.3, 0.4) is 0 Å². The molecule has 1 aliphatic rings. The molecule has 35 heavy (non-hydrogen) atoms. The van der Waals surface area contributed by atoms with Crippen LogP contribution in [0, 0.1) is 0 Å². The SMILES string of the molecule is COC(=O)CCNC(=O)NC1CCN(c2ccc(C(N)=NOC(=O)N(C)CCN(C)C)cc2)C1=O. The van der Waals surface area contributed by atoms with Crippen molar-refractivity contribution in [2.75, 3.05) is 59.3 Å². The third-order valence-corrected chi connectivity index (χ3v) is 5.24. The van der Waals surface area contributed by atoms with E-state index >= 15 is 0 Å². The van der Waals surface area contributed by atoms with E-state index in [1.54, 1.807) is 36.2 Å². The average molecular weight is 492 g/mol. The molecule has 4 amide bonds. The van der Waals surface area contributed by atoms with Gasteiger partial charge in [-0.3, -0.25) is 14.4 Å². The number of benzene rings is 1. The van der Waals surface area contributed by atoms with Crippen molar-refractivity contribution < 1.29 is 28.8 Å². The molecule has 1 saturated heterocycles. The fraction of sp³-hybridized carbons (Fsp3) is 0.500. The number of nitrogens with zero attached hydrogens (tertiary/aromatic N) is 4. The van der Waals surface area contributed by atoms with Gasteiger partial charge in [-0.25, -0.2) is 9.59 Å². The number of anilines is 1. The Balaban J connectivity index is 1.87. The molecule has 4 N–H and O–H groups in total. The molecule has 1 atom stereocenters. The van der Waals surface area contributed by atoms with Gasteiger partial charge in [0.1, 0.15) is 6.04 Å². The van der Waals surface area contributed by atoms with Crippen LogP contribution in [0.4, 0.5) is 15.3 Å². The van der Waals surface area contributed by atoms with Crippen molar-refractivity contribution in [3.05, 3.63) is 29.8 Å². The molecule has 1 aliphatic heterocycles. The molecule has 0 spiro atoms. The Morgan fingerprint density at radius 1 is 1.17 bits per heavy atom. The highest BCUT2D eigenvalue weighted by Crippen LogP contribution is 2.22. The van der Waals surface area contributed by atoms with E-state index in [4.69, 9.17) is 10.6 Å². The second-order valence-corrected chi connectivity index (χ2v) is 8.16. The zero-order valence-corrected chi connectivity index (χ0v) is 20.4. The van der Waals surface area contributed by atoms with Crippen molar-refractivity contribution in [3.63, 3.8) is 0 Å². The van der Waals surface area contributed by atoms with Crippen molar-refractivity contribution >= 4 is 35.5 Å². The molecule has 192 valence electrons. The summed E-state index contributed by atoms with van der Waals surface area (Å²) in [7, 11) is 6.67. The zero-order valence-electron chi connectivity index (χ0n) is 20.4. The summed E-state index contributed by atoms with van der Waals surface area (Å²) in [5.41, 5.74) is 7.07. The number of amides is 4. The number of carbonyl (C=O) groups is 4. The minimum Gasteiger partial charge on any atom is -0.469 e. The number of methoxy groups -OCH3 is 1. The van der Waals surface area contributed by atoms with Gasteiger partial charge in [0.2, 0.25) is 5.91 Å². The van der Waals surface area contributed by atoms with Crippen molar-refractivity contribution in [2.24, 2.45) is 10.9 Å². The van der Waals surface area contributed by atoms with Crippen molar-refractivity contribution in [1.82, 2.24) is 20.4 Å². The van der Waals surface area contributed by atoms with Crippen LogP contribution < -0.4 is 21.3 Å². The Morgan fingerprint density at radius 3 is 2.49 bits per heavy atom. The Labute approximate surface area is 204 Å². The van der Waals surface area contributed by atoms with Gasteiger partial charge in [-0.2, -0.15) is 0 Å². The third kappa shape index (κ3) is 8.45. The fourth-order valence-electron chi connectivity index (χ4n) is 3.12. The highest BCUT2D eigenvalue weighted by Gasteiger charge is 2.33. The molecule has 2 rings (SSSR count). The lowest BCUT2D eigenvalue weighted by molar-refractivity contribution is -0.140. The van der Waals surface area contributed by atoms with E-state index in [1.807, 2.05) is 19.0 Å². The maximum Gasteiger partial charge on any atom is 0.435 e. The van der Waals surface area contributed by atoms with Crippen molar-refractivity contribution in [2.45, 2.75) is 18.9 Å². The fourth-order valence-corrected chi connectivity index (χ4v) is 3.12. The van der Waals surface area contributed by atoms with Crippen LogP contribution in [0.1, 0.15) is 18.4 Å². The van der Waals surface area contributed by atoms with Crippen LogP contribution in [-0.4, -0.2) is 100 Å². The van der Waals surface area contributed by atoms with Gasteiger partial charge in [0.05, 0.1) is 13.5 Å². The van der Waals surface area contributed by atoms with E-state index in [-0.39, 0.29) is 24.7 Å². The molecule has 1 fully saturated rings. The van der Waals surface area contributed by atoms with Gasteiger partial charge in [0.25, 0.3) is 0 Å². The summed E-state index contributed by atoms with van der Waals surface area (Å²) in [6.45, 7) is 1.68. The molecule has 1 aromatic rings. The highest BCUT2D eigenvalue weighted by atomic mass is 16.7. The maximum absolute atomic E-state index is 12.7. The van der Waals surface area contributed by atoms with Gasteiger partial charge < -0.3 is 35.8 Å². The molecule has 0 aliphatic carbocycles. The first-order valence-electron chi connectivity index (χ1n) is 11.1. The van der Waals surface area contributed by atoms with Crippen molar-refractivity contribution in [3.8, 4) is 0 Å². The van der Waals surface area contributed by atoms with E-state index in [0.717, 1.165) is 0 Å². The Bertz CT molecular complexity index is 935. The number of likely N-dealkylation sites (N-methyl/N-ethyl adjacent to an activating group) is 2. The minimum atomic E-state index is -0.677. The molecule has 0 aromatic heterocycles. The summed E-state index contributed by atoms with van der Waals surface area (Å²) < 4.78 is 4.51. The molecule has 1 heterocycles. The minimum absolute atomic E-state index is 0.0156. The smallest absolute Gasteiger partial charge is 0.435 e. The Kier molecular flexibility index (Phi) is 10.3. The predicted molar refractivity (Wildman–Crippen MR) is 129 cm³/mol. The molecule has 0 bridgehead atoms. The van der Waals surface area contributed by atoms with Crippen LogP contribution >= 0.6 is 0 Å². The number of urea groups is 1. The summed E-state index contributed by atoms with van der Waals surface area (Å²) >= 11 is 0. The first kappa shape index (κ1) is 27.4. The third-order valence-electron chi connectivity index (χ3n) is 5.24. The first-order valence-corrected chi connectivity index (χ1v) is 11.1. The van der Waals surface area contributed by atoms with Crippen LogP contribution in [0.5, 0.6) is 0 Å². The van der Waals surface area contributed by atoms with Crippen molar-refractivity contribution in [1.29, 1.82) is 0 Å².